The van der Waals surface area contributed by atoms with Gasteiger partial charge in [0.1, 0.15) is 0 Å². The van der Waals surface area contributed by atoms with Crippen LogP contribution < -0.4 is 5.32 Å². The van der Waals surface area contributed by atoms with Gasteiger partial charge in [-0.2, -0.15) is 5.01 Å². The maximum atomic E-state index is 10.3. The molecule has 0 aromatic rings. The number of quaternary nitrogens is 1. The van der Waals surface area contributed by atoms with Crippen molar-refractivity contribution in [3.05, 3.63) is 10.4 Å². The van der Waals surface area contributed by atoms with Gasteiger partial charge in [0.25, 0.3) is 0 Å². The van der Waals surface area contributed by atoms with E-state index < -0.39 is 0 Å². The van der Waals surface area contributed by atoms with Gasteiger partial charge < -0.3 is 15.7 Å². The maximum Gasteiger partial charge on any atom is 0.0739 e. The van der Waals surface area contributed by atoms with Crippen LogP contribution in [0.3, 0.4) is 0 Å². The Kier molecular flexibility index (Phi) is 11.2. The molecule has 0 saturated heterocycles. The first-order valence-corrected chi connectivity index (χ1v) is 3.97. The van der Waals surface area contributed by atoms with Gasteiger partial charge in [-0.1, -0.05) is 0 Å². The summed E-state index contributed by atoms with van der Waals surface area (Å²) in [5.41, 5.74) is 0. The van der Waals surface area contributed by atoms with Gasteiger partial charge in [-0.05, 0) is 19.1 Å². The van der Waals surface area contributed by atoms with Crippen molar-refractivity contribution in [1.29, 1.82) is 0 Å². The summed E-state index contributed by atoms with van der Waals surface area (Å²) in [6.07, 6.45) is 0. The SMILES string of the molecule is CCN(CC)/[N+]([O-])=N/[O-].C[NH2+]C. The van der Waals surface area contributed by atoms with Gasteiger partial charge in [0.15, 0.2) is 0 Å². The zero-order chi connectivity index (χ0) is 9.98. The van der Waals surface area contributed by atoms with Gasteiger partial charge in [-0.3, -0.25) is 0 Å². The van der Waals surface area contributed by atoms with Crippen LogP contribution in [0.25, 0.3) is 0 Å². The predicted octanol–water partition coefficient (Wildman–Crippen LogP) is -0.487. The highest BCUT2D eigenvalue weighted by molar-refractivity contribution is 4.30. The molecule has 0 aliphatic heterocycles. The standard InChI is InChI=1S/C4H11N3O2.C2H7N/c1-3-6(4-2)7(9)5-8;1-3-2/h8H,3-4H2,1-2H3;3H,1-2H3/b7-5-;. The molecule has 0 aromatic carbocycles. The fraction of sp³-hybridized carbons (Fsp3) is 1.00. The van der Waals surface area contributed by atoms with Crippen LogP contribution in [0.15, 0.2) is 5.28 Å². The molecule has 0 atom stereocenters. The number of hydrogen-bond donors (Lipinski definition) is 1. The Morgan fingerprint density at radius 3 is 1.75 bits per heavy atom. The zero-order valence-electron chi connectivity index (χ0n) is 8.15. The van der Waals surface area contributed by atoms with Crippen LogP contribution in [-0.2, 0) is 0 Å². The normalized spacial score (nSPS) is 10.2. The first-order valence-electron chi connectivity index (χ1n) is 3.97. The fourth-order valence-corrected chi connectivity index (χ4v) is 0.517. The molecule has 0 rings (SSSR count). The Balaban J connectivity index is 0. The van der Waals surface area contributed by atoms with Crippen LogP contribution in [0.5, 0.6) is 0 Å². The largest absolute Gasteiger partial charge is 0.737 e. The molecule has 0 spiro atoms. The third-order valence-electron chi connectivity index (χ3n) is 1.04. The minimum Gasteiger partial charge on any atom is -0.737 e. The van der Waals surface area contributed by atoms with Gasteiger partial charge >= 0.3 is 0 Å². The molecule has 12 heavy (non-hydrogen) atoms. The molecule has 0 aromatic heterocycles. The maximum absolute atomic E-state index is 10.3. The van der Waals surface area contributed by atoms with Crippen LogP contribution in [0.4, 0.5) is 0 Å². The van der Waals surface area contributed by atoms with Crippen molar-refractivity contribution in [2.75, 3.05) is 27.2 Å². The van der Waals surface area contributed by atoms with E-state index in [2.05, 4.69) is 5.28 Å². The van der Waals surface area contributed by atoms with E-state index in [4.69, 9.17) is 0 Å². The molecule has 0 aliphatic rings. The van der Waals surface area contributed by atoms with Gasteiger partial charge in [0.05, 0.1) is 27.2 Å². The van der Waals surface area contributed by atoms with E-state index in [9.17, 15) is 10.4 Å². The summed E-state index contributed by atoms with van der Waals surface area (Å²) >= 11 is 0. The van der Waals surface area contributed by atoms with E-state index in [1.807, 2.05) is 19.4 Å². The number of hydrogen-bond acceptors (Lipinski definition) is 3. The highest BCUT2D eigenvalue weighted by atomic mass is 16.6. The summed E-state index contributed by atoms with van der Waals surface area (Å²) in [6.45, 7) is 4.57. The monoisotopic (exact) mass is 178 g/mol. The summed E-state index contributed by atoms with van der Waals surface area (Å²) in [5, 5.41) is 25.4. The summed E-state index contributed by atoms with van der Waals surface area (Å²) in [7, 11) is 4.00. The van der Waals surface area contributed by atoms with Crippen LogP contribution in [0.1, 0.15) is 13.8 Å². The highest BCUT2D eigenvalue weighted by Gasteiger charge is 2.01. The van der Waals surface area contributed by atoms with Crippen molar-refractivity contribution >= 4 is 0 Å². The number of hydrazine groups is 1. The molecule has 0 heterocycles. The molecular weight excluding hydrogens is 160 g/mol. The summed E-state index contributed by atoms with van der Waals surface area (Å²) in [4.78, 5) is 0.0556. The smallest absolute Gasteiger partial charge is 0.0739 e. The van der Waals surface area contributed by atoms with E-state index in [0.29, 0.717) is 13.1 Å². The highest BCUT2D eigenvalue weighted by Crippen LogP contribution is 1.86. The average Bonchev–Trinajstić information content (AvgIpc) is 2.08. The van der Waals surface area contributed by atoms with Gasteiger partial charge in [-0.25, -0.2) is 0 Å². The van der Waals surface area contributed by atoms with E-state index in [-0.39, 0.29) is 4.97 Å². The first kappa shape index (κ1) is 13.5. The van der Waals surface area contributed by atoms with E-state index in [0.717, 1.165) is 0 Å². The summed E-state index contributed by atoms with van der Waals surface area (Å²) in [6, 6.07) is 0. The third kappa shape index (κ3) is 7.07. The van der Waals surface area contributed by atoms with E-state index >= 15 is 0 Å². The summed E-state index contributed by atoms with van der Waals surface area (Å²) in [5.74, 6) is 0. The predicted molar refractivity (Wildman–Crippen MR) is 46.1 cm³/mol. The lowest BCUT2D eigenvalue weighted by atomic mass is 10.6. The van der Waals surface area contributed by atoms with Crippen molar-refractivity contribution in [1.82, 2.24) is 5.01 Å². The molecule has 74 valence electrons. The molecule has 6 nitrogen and oxygen atoms in total. The van der Waals surface area contributed by atoms with Crippen molar-refractivity contribution in [3.8, 4) is 0 Å². The molecule has 0 amide bonds. The van der Waals surface area contributed by atoms with Crippen molar-refractivity contribution in [3.63, 3.8) is 0 Å². The van der Waals surface area contributed by atoms with Gasteiger partial charge in [0, 0.05) is 4.97 Å². The van der Waals surface area contributed by atoms with Crippen LogP contribution in [-0.4, -0.2) is 37.2 Å². The Hall–Kier alpha value is -1.04. The topological polar surface area (TPSA) is 81.3 Å². The molecule has 0 fully saturated rings. The lowest BCUT2D eigenvalue weighted by Gasteiger charge is -2.14. The fourth-order valence-electron chi connectivity index (χ4n) is 0.517. The molecule has 0 saturated carbocycles. The molecule has 0 aliphatic carbocycles. The minimum atomic E-state index is 0.0556. The van der Waals surface area contributed by atoms with Crippen molar-refractivity contribution in [2.45, 2.75) is 13.8 Å². The minimum absolute atomic E-state index is 0.0556. The van der Waals surface area contributed by atoms with Crippen LogP contribution in [0, 0.1) is 10.4 Å². The Bertz CT molecular complexity index is 114. The second-order valence-electron chi connectivity index (χ2n) is 2.05. The van der Waals surface area contributed by atoms with E-state index in [1.54, 1.807) is 13.8 Å². The number of rotatable bonds is 3. The molecule has 0 unspecified atom stereocenters. The van der Waals surface area contributed by atoms with Crippen LogP contribution >= 0.6 is 0 Å². The van der Waals surface area contributed by atoms with E-state index in [1.165, 1.54) is 5.01 Å². The van der Waals surface area contributed by atoms with Gasteiger partial charge in [0.2, 0.25) is 0 Å². The van der Waals surface area contributed by atoms with Gasteiger partial charge in [-0.15, -0.1) is 0 Å². The second-order valence-corrected chi connectivity index (χ2v) is 2.05. The number of nitrogens with two attached hydrogens (primary N) is 1. The molecule has 6 heteroatoms. The van der Waals surface area contributed by atoms with Crippen LogP contribution in [0.2, 0.25) is 0 Å². The Morgan fingerprint density at radius 1 is 1.33 bits per heavy atom. The second kappa shape index (κ2) is 9.96. The molecule has 0 radical (unpaired) electrons. The first-order chi connectivity index (χ1) is 5.67. The Morgan fingerprint density at radius 2 is 1.67 bits per heavy atom. The molecular formula is C6H18N4O2. The average molecular weight is 178 g/mol. The lowest BCUT2D eigenvalue weighted by Crippen LogP contribution is -2.74. The zero-order valence-corrected chi connectivity index (χ0v) is 8.15. The lowest BCUT2D eigenvalue weighted by molar-refractivity contribution is -0.689. The number of nitrogens with zero attached hydrogens (tertiary/aromatic N) is 3. The molecule has 2 N–H and O–H groups in total. The Labute approximate surface area is 73.0 Å². The van der Waals surface area contributed by atoms with Crippen molar-refractivity contribution < 1.29 is 10.3 Å². The summed E-state index contributed by atoms with van der Waals surface area (Å²) < 4.78 is 0. The quantitative estimate of drug-likeness (QED) is 0.360. The van der Waals surface area contributed by atoms with Crippen molar-refractivity contribution in [2.24, 2.45) is 5.28 Å². The molecule has 0 bridgehead atoms. The third-order valence-corrected chi connectivity index (χ3v) is 1.04.